The molecule has 0 radical (unpaired) electrons. The smallest absolute Gasteiger partial charge is 0.225 e. The Morgan fingerprint density at radius 1 is 1.12 bits per heavy atom. The molecule has 0 amide bonds. The van der Waals surface area contributed by atoms with E-state index < -0.39 is 0 Å². The minimum Gasteiger partial charge on any atom is -0.338 e. The van der Waals surface area contributed by atoms with Gasteiger partial charge in [0, 0.05) is 44.6 Å². The number of aryl methyl sites for hydroxylation is 1. The molecule has 1 aliphatic rings. The van der Waals surface area contributed by atoms with Crippen molar-refractivity contribution in [1.82, 2.24) is 14.9 Å². The highest BCUT2D eigenvalue weighted by atomic mass is 15.3. The first-order valence-corrected chi connectivity index (χ1v) is 6.50. The molecule has 0 aromatic carbocycles. The van der Waals surface area contributed by atoms with Gasteiger partial charge in [-0.3, -0.25) is 4.90 Å². The van der Waals surface area contributed by atoms with Gasteiger partial charge in [0.15, 0.2) is 0 Å². The van der Waals surface area contributed by atoms with Crippen molar-refractivity contribution < 1.29 is 0 Å². The highest BCUT2D eigenvalue weighted by Crippen LogP contribution is 2.12. The molecule has 0 unspecified atom stereocenters. The molecule has 94 valence electrons. The van der Waals surface area contributed by atoms with Crippen molar-refractivity contribution in [1.29, 1.82) is 0 Å². The van der Waals surface area contributed by atoms with Gasteiger partial charge in [-0.05, 0) is 25.8 Å². The lowest BCUT2D eigenvalue weighted by Crippen LogP contribution is -2.49. The van der Waals surface area contributed by atoms with E-state index >= 15 is 0 Å². The van der Waals surface area contributed by atoms with Gasteiger partial charge < -0.3 is 4.90 Å². The third kappa shape index (κ3) is 2.94. The number of nitrogens with zero attached hydrogens (tertiary/aromatic N) is 4. The fourth-order valence-corrected chi connectivity index (χ4v) is 2.13. The van der Waals surface area contributed by atoms with Crippen LogP contribution in [-0.2, 0) is 6.42 Å². The van der Waals surface area contributed by atoms with Gasteiger partial charge in [-0.15, -0.1) is 0 Å². The van der Waals surface area contributed by atoms with Crippen molar-refractivity contribution in [2.75, 3.05) is 31.1 Å². The highest BCUT2D eigenvalue weighted by molar-refractivity contribution is 5.30. The fourth-order valence-electron chi connectivity index (χ4n) is 2.13. The predicted molar refractivity (Wildman–Crippen MR) is 70.3 cm³/mol. The maximum atomic E-state index is 4.44. The number of hydrogen-bond donors (Lipinski definition) is 0. The molecule has 1 aliphatic heterocycles. The summed E-state index contributed by atoms with van der Waals surface area (Å²) in [6.45, 7) is 10.9. The van der Waals surface area contributed by atoms with Gasteiger partial charge in [0.2, 0.25) is 5.95 Å². The van der Waals surface area contributed by atoms with Crippen LogP contribution in [0.25, 0.3) is 0 Å². The molecule has 1 saturated heterocycles. The Balaban J connectivity index is 1.95. The second-order valence-corrected chi connectivity index (χ2v) is 4.86. The van der Waals surface area contributed by atoms with E-state index in [0.29, 0.717) is 6.04 Å². The number of anilines is 1. The van der Waals surface area contributed by atoms with Crippen LogP contribution in [0.4, 0.5) is 5.95 Å². The summed E-state index contributed by atoms with van der Waals surface area (Å²) in [6.07, 6.45) is 4.88. The lowest BCUT2D eigenvalue weighted by Gasteiger charge is -2.36. The average molecular weight is 234 g/mol. The summed E-state index contributed by atoms with van der Waals surface area (Å²) < 4.78 is 0. The zero-order chi connectivity index (χ0) is 12.3. The van der Waals surface area contributed by atoms with E-state index in [-0.39, 0.29) is 0 Å². The topological polar surface area (TPSA) is 32.3 Å². The average Bonchev–Trinajstić information content (AvgIpc) is 2.39. The SMILES string of the molecule is CCc1cnc(N2CCN(C(C)C)CC2)nc1. The maximum Gasteiger partial charge on any atom is 0.225 e. The summed E-state index contributed by atoms with van der Waals surface area (Å²) in [7, 11) is 0. The van der Waals surface area contributed by atoms with E-state index in [1.807, 2.05) is 12.4 Å². The van der Waals surface area contributed by atoms with Crippen molar-refractivity contribution >= 4 is 5.95 Å². The van der Waals surface area contributed by atoms with Crippen LogP contribution < -0.4 is 4.90 Å². The van der Waals surface area contributed by atoms with Crippen LogP contribution in [0, 0.1) is 0 Å². The van der Waals surface area contributed by atoms with Crippen LogP contribution in [0.3, 0.4) is 0 Å². The van der Waals surface area contributed by atoms with Crippen molar-refractivity contribution in [2.45, 2.75) is 33.2 Å². The summed E-state index contributed by atoms with van der Waals surface area (Å²) in [4.78, 5) is 13.7. The lowest BCUT2D eigenvalue weighted by molar-refractivity contribution is 0.208. The van der Waals surface area contributed by atoms with E-state index in [2.05, 4.69) is 40.5 Å². The van der Waals surface area contributed by atoms with Gasteiger partial charge in [-0.1, -0.05) is 6.92 Å². The quantitative estimate of drug-likeness (QED) is 0.794. The van der Waals surface area contributed by atoms with Crippen LogP contribution >= 0.6 is 0 Å². The molecule has 2 rings (SSSR count). The zero-order valence-electron chi connectivity index (χ0n) is 11.1. The first kappa shape index (κ1) is 12.3. The first-order valence-electron chi connectivity index (χ1n) is 6.50. The summed E-state index contributed by atoms with van der Waals surface area (Å²) in [5, 5.41) is 0. The monoisotopic (exact) mass is 234 g/mol. The van der Waals surface area contributed by atoms with Crippen LogP contribution in [0.15, 0.2) is 12.4 Å². The van der Waals surface area contributed by atoms with Crippen molar-refractivity contribution in [3.8, 4) is 0 Å². The van der Waals surface area contributed by atoms with Gasteiger partial charge in [0.1, 0.15) is 0 Å². The zero-order valence-corrected chi connectivity index (χ0v) is 11.1. The molecule has 0 aliphatic carbocycles. The van der Waals surface area contributed by atoms with Crippen LogP contribution in [0.2, 0.25) is 0 Å². The molecule has 0 N–H and O–H groups in total. The van der Waals surface area contributed by atoms with E-state index in [4.69, 9.17) is 0 Å². The molecule has 0 saturated carbocycles. The normalized spacial score (nSPS) is 17.8. The number of aromatic nitrogens is 2. The number of rotatable bonds is 3. The first-order chi connectivity index (χ1) is 8.20. The molecule has 17 heavy (non-hydrogen) atoms. The van der Waals surface area contributed by atoms with Gasteiger partial charge in [0.25, 0.3) is 0 Å². The number of hydrogen-bond acceptors (Lipinski definition) is 4. The maximum absolute atomic E-state index is 4.44. The Bertz CT molecular complexity index is 339. The van der Waals surface area contributed by atoms with Gasteiger partial charge >= 0.3 is 0 Å². The van der Waals surface area contributed by atoms with Crippen LogP contribution in [0.1, 0.15) is 26.3 Å². The van der Waals surface area contributed by atoms with Crippen LogP contribution in [0.5, 0.6) is 0 Å². The Hall–Kier alpha value is -1.16. The van der Waals surface area contributed by atoms with Crippen molar-refractivity contribution in [3.05, 3.63) is 18.0 Å². The standard InChI is InChI=1S/C13H22N4/c1-4-12-9-14-13(15-10-12)17-7-5-16(6-8-17)11(2)3/h9-11H,4-8H2,1-3H3. The van der Waals surface area contributed by atoms with E-state index in [1.54, 1.807) is 0 Å². The van der Waals surface area contributed by atoms with Crippen LogP contribution in [-0.4, -0.2) is 47.1 Å². The van der Waals surface area contributed by atoms with Crippen molar-refractivity contribution in [3.63, 3.8) is 0 Å². The van der Waals surface area contributed by atoms with Gasteiger partial charge in [-0.2, -0.15) is 0 Å². The summed E-state index contributed by atoms with van der Waals surface area (Å²) in [5.41, 5.74) is 1.20. The lowest BCUT2D eigenvalue weighted by atomic mass is 10.2. The van der Waals surface area contributed by atoms with Gasteiger partial charge in [0.05, 0.1) is 0 Å². The van der Waals surface area contributed by atoms with Gasteiger partial charge in [-0.25, -0.2) is 9.97 Å². The molecule has 4 nitrogen and oxygen atoms in total. The molecule has 0 bridgehead atoms. The minimum atomic E-state index is 0.639. The summed E-state index contributed by atoms with van der Waals surface area (Å²) in [5.74, 6) is 0.880. The molecule has 1 fully saturated rings. The van der Waals surface area contributed by atoms with Crippen molar-refractivity contribution in [2.24, 2.45) is 0 Å². The van der Waals surface area contributed by atoms with E-state index in [9.17, 15) is 0 Å². The Morgan fingerprint density at radius 3 is 2.18 bits per heavy atom. The minimum absolute atomic E-state index is 0.639. The Kier molecular flexibility index (Phi) is 3.94. The predicted octanol–water partition coefficient (Wildman–Crippen LogP) is 1.57. The fraction of sp³-hybridized carbons (Fsp3) is 0.692. The largest absolute Gasteiger partial charge is 0.338 e. The Morgan fingerprint density at radius 2 is 1.71 bits per heavy atom. The summed E-state index contributed by atoms with van der Waals surface area (Å²) >= 11 is 0. The number of piperazine rings is 1. The molecule has 1 aromatic heterocycles. The van der Waals surface area contributed by atoms with E-state index in [1.165, 1.54) is 5.56 Å². The highest BCUT2D eigenvalue weighted by Gasteiger charge is 2.20. The van der Waals surface area contributed by atoms with E-state index in [0.717, 1.165) is 38.5 Å². The molecule has 2 heterocycles. The summed E-state index contributed by atoms with van der Waals surface area (Å²) in [6, 6.07) is 0.639. The Labute approximate surface area is 104 Å². The molecule has 0 spiro atoms. The molecule has 0 atom stereocenters. The second kappa shape index (κ2) is 5.45. The third-order valence-electron chi connectivity index (χ3n) is 3.43. The molecular formula is C13H22N4. The third-order valence-corrected chi connectivity index (χ3v) is 3.43. The molecule has 4 heteroatoms. The molecule has 1 aromatic rings. The molecular weight excluding hydrogens is 212 g/mol. The second-order valence-electron chi connectivity index (χ2n) is 4.86.